The number of nitrogens with zero attached hydrogens (tertiary/aromatic N) is 4. The van der Waals surface area contributed by atoms with Crippen LogP contribution >= 0.6 is 0 Å². The average Bonchev–Trinajstić information content (AvgIpc) is 3.26. The lowest BCUT2D eigenvalue weighted by Gasteiger charge is -2.16. The van der Waals surface area contributed by atoms with Crippen LogP contribution in [0.25, 0.3) is 49.7 Å². The van der Waals surface area contributed by atoms with Gasteiger partial charge in [0.15, 0.2) is 0 Å². The summed E-state index contributed by atoms with van der Waals surface area (Å²) in [5.41, 5.74) is 8.39. The van der Waals surface area contributed by atoms with Gasteiger partial charge in [-0.05, 0) is 53.6 Å². The lowest BCUT2D eigenvalue weighted by atomic mass is 9.94. The second-order valence-corrected chi connectivity index (χ2v) is 8.30. The minimum absolute atomic E-state index is 0.397. The number of pyridine rings is 1. The summed E-state index contributed by atoms with van der Waals surface area (Å²) in [6, 6.07) is 38.8. The number of rotatable bonds is 3. The van der Waals surface area contributed by atoms with E-state index >= 15 is 0 Å². The van der Waals surface area contributed by atoms with Crippen molar-refractivity contribution in [2.24, 2.45) is 0 Å². The van der Waals surface area contributed by atoms with E-state index in [0.29, 0.717) is 11.3 Å². The van der Waals surface area contributed by atoms with Crippen LogP contribution in [0.15, 0.2) is 109 Å². The van der Waals surface area contributed by atoms with Crippen LogP contribution in [-0.4, -0.2) is 9.55 Å². The van der Waals surface area contributed by atoms with Gasteiger partial charge in [0.05, 0.1) is 28.4 Å². The van der Waals surface area contributed by atoms with E-state index < -0.39 is 0 Å². The third-order valence-corrected chi connectivity index (χ3v) is 6.35. The van der Waals surface area contributed by atoms with Gasteiger partial charge < -0.3 is 4.57 Å². The van der Waals surface area contributed by atoms with Gasteiger partial charge in [0.1, 0.15) is 11.8 Å². The van der Waals surface area contributed by atoms with Crippen molar-refractivity contribution in [2.75, 3.05) is 0 Å². The van der Waals surface area contributed by atoms with E-state index in [1.165, 1.54) is 0 Å². The predicted octanol–water partition coefficient (Wildman–Crippen LogP) is 7.26. The zero-order chi connectivity index (χ0) is 23.8. The Morgan fingerprint density at radius 1 is 0.600 bits per heavy atom. The maximum atomic E-state index is 9.48. The van der Waals surface area contributed by atoms with Crippen LogP contribution < -0.4 is 0 Å². The number of benzene rings is 4. The second-order valence-electron chi connectivity index (χ2n) is 8.30. The summed E-state index contributed by atoms with van der Waals surface area (Å²) >= 11 is 0. The smallest absolute Gasteiger partial charge is 0.140 e. The minimum atomic E-state index is 0.397. The fraction of sp³-hybridized carbons (Fsp3) is 0. The molecule has 0 unspecified atom stereocenters. The number of nitriles is 2. The topological polar surface area (TPSA) is 65.4 Å². The van der Waals surface area contributed by atoms with Crippen LogP contribution in [-0.2, 0) is 0 Å². The van der Waals surface area contributed by atoms with Gasteiger partial charge in [0.2, 0.25) is 0 Å². The highest BCUT2D eigenvalue weighted by Crippen LogP contribution is 2.39. The molecular weight excluding hydrogens is 428 g/mol. The molecule has 162 valence electrons. The quantitative estimate of drug-likeness (QED) is 0.287. The molecule has 4 heteroatoms. The Morgan fingerprint density at radius 2 is 1.31 bits per heavy atom. The highest BCUT2D eigenvalue weighted by molar-refractivity contribution is 6.10. The van der Waals surface area contributed by atoms with E-state index in [9.17, 15) is 5.26 Å². The molecule has 4 aromatic carbocycles. The Kier molecular flexibility index (Phi) is 4.84. The first-order valence-electron chi connectivity index (χ1n) is 11.3. The van der Waals surface area contributed by atoms with Gasteiger partial charge in [-0.25, -0.2) is 4.98 Å². The molecule has 4 nitrogen and oxygen atoms in total. The van der Waals surface area contributed by atoms with Gasteiger partial charge in [0.25, 0.3) is 0 Å². The number of fused-ring (bicyclic) bond motifs is 3. The normalized spacial score (nSPS) is 10.8. The highest BCUT2D eigenvalue weighted by atomic mass is 15.0. The Morgan fingerprint density at radius 3 is 2.09 bits per heavy atom. The fourth-order valence-electron chi connectivity index (χ4n) is 4.79. The first-order valence-corrected chi connectivity index (χ1v) is 11.3. The van der Waals surface area contributed by atoms with Gasteiger partial charge in [0, 0.05) is 28.1 Å². The van der Waals surface area contributed by atoms with Crippen molar-refractivity contribution in [3.8, 4) is 40.1 Å². The molecule has 0 saturated heterocycles. The average molecular weight is 447 g/mol. The van der Waals surface area contributed by atoms with Gasteiger partial charge in [-0.1, -0.05) is 60.7 Å². The summed E-state index contributed by atoms with van der Waals surface area (Å²) in [4.78, 5) is 4.29. The van der Waals surface area contributed by atoms with E-state index in [1.807, 2.05) is 54.6 Å². The van der Waals surface area contributed by atoms with Crippen LogP contribution in [0.5, 0.6) is 0 Å². The van der Waals surface area contributed by atoms with Crippen molar-refractivity contribution < 1.29 is 0 Å². The van der Waals surface area contributed by atoms with Gasteiger partial charge in [-0.2, -0.15) is 10.5 Å². The van der Waals surface area contributed by atoms with E-state index in [1.54, 1.807) is 12.3 Å². The summed E-state index contributed by atoms with van der Waals surface area (Å²) in [6.45, 7) is 0. The van der Waals surface area contributed by atoms with E-state index in [4.69, 9.17) is 5.26 Å². The van der Waals surface area contributed by atoms with E-state index in [-0.39, 0.29) is 0 Å². The van der Waals surface area contributed by atoms with Crippen molar-refractivity contribution in [1.82, 2.24) is 9.55 Å². The molecule has 0 saturated carbocycles. The molecule has 0 N–H and O–H groups in total. The first-order chi connectivity index (χ1) is 17.3. The SMILES string of the molecule is N#Cc1ccc2c(c1)c1ccccc1n2-c1ccccc1-c1ccccc1-c1ccc(C#N)nc1. The Hall–Kier alpha value is -5.19. The summed E-state index contributed by atoms with van der Waals surface area (Å²) < 4.78 is 2.27. The molecule has 6 rings (SSSR count). The molecule has 0 fully saturated rings. The second kappa shape index (κ2) is 8.30. The molecule has 35 heavy (non-hydrogen) atoms. The lowest BCUT2D eigenvalue weighted by molar-refractivity contribution is 1.18. The standard InChI is InChI=1S/C31H18N4/c32-18-21-13-16-31-28(17-21)27-10-4-6-12-30(27)35(31)29-11-5-3-9-26(29)25-8-2-1-7-24(25)22-14-15-23(19-33)34-20-22/h1-17,20H. The third kappa shape index (κ3) is 3.33. The van der Waals surface area contributed by atoms with E-state index in [0.717, 1.165) is 49.7 Å². The van der Waals surface area contributed by atoms with Gasteiger partial charge in [-0.15, -0.1) is 0 Å². The molecule has 0 atom stereocenters. The summed E-state index contributed by atoms with van der Waals surface area (Å²) in [6.07, 6.45) is 1.75. The Bertz CT molecular complexity index is 1810. The van der Waals surface area contributed by atoms with Crippen molar-refractivity contribution in [1.29, 1.82) is 10.5 Å². The zero-order valence-electron chi connectivity index (χ0n) is 18.7. The maximum Gasteiger partial charge on any atom is 0.140 e. The molecule has 0 bridgehead atoms. The number of hydrogen-bond acceptors (Lipinski definition) is 3. The monoisotopic (exact) mass is 446 g/mol. The molecular formula is C31H18N4. The van der Waals surface area contributed by atoms with Crippen LogP contribution in [0, 0.1) is 22.7 Å². The number of hydrogen-bond donors (Lipinski definition) is 0. The molecule has 0 spiro atoms. The fourth-order valence-corrected chi connectivity index (χ4v) is 4.79. The van der Waals surface area contributed by atoms with Crippen LogP contribution in [0.4, 0.5) is 0 Å². The molecule has 6 aromatic rings. The third-order valence-electron chi connectivity index (χ3n) is 6.35. The zero-order valence-corrected chi connectivity index (χ0v) is 18.7. The highest BCUT2D eigenvalue weighted by Gasteiger charge is 2.17. The Balaban J connectivity index is 1.64. The number of para-hydroxylation sites is 2. The lowest BCUT2D eigenvalue weighted by Crippen LogP contribution is -1.98. The van der Waals surface area contributed by atoms with Crippen molar-refractivity contribution in [2.45, 2.75) is 0 Å². The van der Waals surface area contributed by atoms with Crippen molar-refractivity contribution >= 4 is 21.8 Å². The molecule has 0 aliphatic carbocycles. The van der Waals surface area contributed by atoms with Crippen molar-refractivity contribution in [3.63, 3.8) is 0 Å². The minimum Gasteiger partial charge on any atom is -0.309 e. The Labute approximate surface area is 202 Å². The van der Waals surface area contributed by atoms with Crippen LogP contribution in [0.3, 0.4) is 0 Å². The van der Waals surface area contributed by atoms with Crippen molar-refractivity contribution in [3.05, 3.63) is 121 Å². The molecule has 0 amide bonds. The largest absolute Gasteiger partial charge is 0.309 e. The summed E-state index contributed by atoms with van der Waals surface area (Å²) in [7, 11) is 0. The molecule has 0 aliphatic heterocycles. The summed E-state index contributed by atoms with van der Waals surface area (Å²) in [5.74, 6) is 0. The molecule has 0 aliphatic rings. The number of aromatic nitrogens is 2. The maximum absolute atomic E-state index is 9.48. The first kappa shape index (κ1) is 20.4. The van der Waals surface area contributed by atoms with E-state index in [2.05, 4.69) is 64.2 Å². The van der Waals surface area contributed by atoms with Crippen LogP contribution in [0.2, 0.25) is 0 Å². The summed E-state index contributed by atoms with van der Waals surface area (Å²) in [5, 5.41) is 20.8. The predicted molar refractivity (Wildman–Crippen MR) is 139 cm³/mol. The molecule has 2 aromatic heterocycles. The van der Waals surface area contributed by atoms with Crippen LogP contribution in [0.1, 0.15) is 11.3 Å². The molecule has 2 heterocycles. The van der Waals surface area contributed by atoms with Gasteiger partial charge >= 0.3 is 0 Å². The molecule has 0 radical (unpaired) electrons. The van der Waals surface area contributed by atoms with Gasteiger partial charge in [-0.3, -0.25) is 0 Å².